The van der Waals surface area contributed by atoms with Gasteiger partial charge in [-0.25, -0.2) is 0 Å². The van der Waals surface area contributed by atoms with Gasteiger partial charge in [0.05, 0.1) is 0 Å². The van der Waals surface area contributed by atoms with Crippen LogP contribution in [0.2, 0.25) is 0 Å². The highest BCUT2D eigenvalue weighted by molar-refractivity contribution is 7.62. The third-order valence-electron chi connectivity index (χ3n) is 4.73. The largest absolute Gasteiger partial charge is 0.0768 e. The molecule has 0 radical (unpaired) electrons. The molecule has 102 valence electrons. The fourth-order valence-corrected chi connectivity index (χ4v) is 7.03. The Balaban J connectivity index is 1.72. The summed E-state index contributed by atoms with van der Waals surface area (Å²) in [6, 6.07) is 10.9. The summed E-state index contributed by atoms with van der Waals surface area (Å²) in [5.74, 6) is 2.62. The maximum Gasteiger partial charge on any atom is -0.0172 e. The predicted molar refractivity (Wildman–Crippen MR) is 86.9 cm³/mol. The number of rotatable bonds is 4. The van der Waals surface area contributed by atoms with Gasteiger partial charge < -0.3 is 0 Å². The van der Waals surface area contributed by atoms with Crippen LogP contribution in [0.3, 0.4) is 0 Å². The molecular formula is C18H25P. The third kappa shape index (κ3) is 3.48. The van der Waals surface area contributed by atoms with Gasteiger partial charge in [0.1, 0.15) is 0 Å². The molecule has 2 aliphatic rings. The van der Waals surface area contributed by atoms with Gasteiger partial charge in [0, 0.05) is 0 Å². The molecule has 1 heteroatoms. The van der Waals surface area contributed by atoms with E-state index in [1.807, 2.05) is 0 Å². The molecule has 1 aromatic rings. The van der Waals surface area contributed by atoms with Gasteiger partial charge in [0.15, 0.2) is 0 Å². The fraction of sp³-hybridized carbons (Fsp3) is 0.556. The van der Waals surface area contributed by atoms with Crippen molar-refractivity contribution in [3.8, 4) is 0 Å². The van der Waals surface area contributed by atoms with Gasteiger partial charge in [0.25, 0.3) is 0 Å². The Hall–Kier alpha value is -0.610. The summed E-state index contributed by atoms with van der Waals surface area (Å²) in [4.78, 5) is 0. The van der Waals surface area contributed by atoms with Crippen molar-refractivity contribution in [2.24, 2.45) is 0 Å². The van der Waals surface area contributed by atoms with Crippen LogP contribution in [0, 0.1) is 0 Å². The second-order valence-electron chi connectivity index (χ2n) is 6.05. The Morgan fingerprint density at radius 1 is 0.789 bits per heavy atom. The lowest BCUT2D eigenvalue weighted by Crippen LogP contribution is -2.08. The van der Waals surface area contributed by atoms with E-state index in [-0.39, 0.29) is 7.92 Å². The first kappa shape index (κ1) is 13.4. The molecule has 0 amide bonds. The minimum absolute atomic E-state index is 0.133. The first-order chi connectivity index (χ1) is 9.43. The molecule has 0 aromatic heterocycles. The van der Waals surface area contributed by atoms with E-state index in [1.165, 1.54) is 56.9 Å². The lowest BCUT2D eigenvalue weighted by atomic mass is 10.2. The van der Waals surface area contributed by atoms with Gasteiger partial charge in [-0.3, -0.25) is 0 Å². The van der Waals surface area contributed by atoms with E-state index >= 15 is 0 Å². The summed E-state index contributed by atoms with van der Waals surface area (Å²) in [5, 5.41) is 0. The summed E-state index contributed by atoms with van der Waals surface area (Å²) in [6.45, 7) is 0. The summed E-state index contributed by atoms with van der Waals surface area (Å²) in [6.07, 6.45) is 14.3. The number of benzene rings is 1. The van der Waals surface area contributed by atoms with E-state index in [4.69, 9.17) is 0 Å². The minimum Gasteiger partial charge on any atom is -0.0768 e. The molecule has 0 heterocycles. The van der Waals surface area contributed by atoms with Crippen molar-refractivity contribution < 1.29 is 0 Å². The van der Waals surface area contributed by atoms with E-state index in [0.717, 1.165) is 11.3 Å². The summed E-state index contributed by atoms with van der Waals surface area (Å²) < 4.78 is 0. The van der Waals surface area contributed by atoms with Crippen molar-refractivity contribution in [1.29, 1.82) is 0 Å². The summed E-state index contributed by atoms with van der Waals surface area (Å²) in [5.41, 5.74) is 3.46. The monoisotopic (exact) mass is 272 g/mol. The molecule has 1 aromatic carbocycles. The Kier molecular flexibility index (Phi) is 4.72. The van der Waals surface area contributed by atoms with Crippen LogP contribution in [0.1, 0.15) is 56.9 Å². The van der Waals surface area contributed by atoms with E-state index in [2.05, 4.69) is 42.2 Å². The van der Waals surface area contributed by atoms with Crippen LogP contribution in [-0.2, 0) is 0 Å². The van der Waals surface area contributed by atoms with E-state index in [9.17, 15) is 0 Å². The number of hydrogen-bond acceptors (Lipinski definition) is 0. The van der Waals surface area contributed by atoms with Gasteiger partial charge >= 0.3 is 0 Å². The second-order valence-corrected chi connectivity index (χ2v) is 8.70. The highest BCUT2D eigenvalue weighted by Crippen LogP contribution is 2.58. The molecule has 0 unspecified atom stereocenters. The Morgan fingerprint density at radius 3 is 1.84 bits per heavy atom. The van der Waals surface area contributed by atoms with Crippen LogP contribution in [0.4, 0.5) is 0 Å². The molecule has 0 nitrogen and oxygen atoms in total. The predicted octanol–water partition coefficient (Wildman–Crippen LogP) is 6.02. The van der Waals surface area contributed by atoms with Crippen molar-refractivity contribution in [2.75, 3.05) is 0 Å². The van der Waals surface area contributed by atoms with Gasteiger partial charge in [0.2, 0.25) is 0 Å². The maximum atomic E-state index is 2.62. The molecule has 0 atom stereocenters. The lowest BCUT2D eigenvalue weighted by Gasteiger charge is -2.27. The molecule has 0 bridgehead atoms. The zero-order valence-electron chi connectivity index (χ0n) is 11.8. The molecule has 2 saturated carbocycles. The zero-order valence-corrected chi connectivity index (χ0v) is 12.7. The smallest absolute Gasteiger partial charge is 0.0172 e. The first-order valence-corrected chi connectivity index (χ1v) is 9.49. The third-order valence-corrected chi connectivity index (χ3v) is 7.94. The molecule has 0 saturated heterocycles. The van der Waals surface area contributed by atoms with Crippen LogP contribution in [0.25, 0.3) is 6.08 Å². The van der Waals surface area contributed by atoms with Gasteiger partial charge in [-0.15, -0.1) is 0 Å². The summed E-state index contributed by atoms with van der Waals surface area (Å²) in [7, 11) is 0.133. The van der Waals surface area contributed by atoms with Gasteiger partial charge in [-0.1, -0.05) is 75.8 Å². The van der Waals surface area contributed by atoms with Crippen molar-refractivity contribution in [1.82, 2.24) is 0 Å². The fourth-order valence-electron chi connectivity index (χ4n) is 3.68. The highest BCUT2D eigenvalue weighted by Gasteiger charge is 2.30. The molecule has 19 heavy (non-hydrogen) atoms. The molecule has 3 rings (SSSR count). The number of hydrogen-bond donors (Lipinski definition) is 0. The van der Waals surface area contributed by atoms with E-state index in [1.54, 1.807) is 0 Å². The summed E-state index contributed by atoms with van der Waals surface area (Å²) >= 11 is 0. The standard InChI is InChI=1S/C18H25P/c1-2-8-16(9-3-1)14-15-19(17-10-4-5-11-17)18-12-6-7-13-18/h1-3,8-9,14-15,17-18H,4-7,10-13H2/b15-14+. The minimum atomic E-state index is 0.133. The van der Waals surface area contributed by atoms with Crippen LogP contribution >= 0.6 is 7.92 Å². The van der Waals surface area contributed by atoms with Crippen LogP contribution < -0.4 is 0 Å². The average Bonchev–Trinajstić information content (AvgIpc) is 3.13. The van der Waals surface area contributed by atoms with Gasteiger partial charge in [-0.2, -0.15) is 0 Å². The Labute approximate surface area is 119 Å². The van der Waals surface area contributed by atoms with Crippen molar-refractivity contribution in [3.63, 3.8) is 0 Å². The van der Waals surface area contributed by atoms with E-state index in [0.29, 0.717) is 0 Å². The van der Waals surface area contributed by atoms with Crippen molar-refractivity contribution in [2.45, 2.75) is 62.7 Å². The first-order valence-electron chi connectivity index (χ1n) is 7.94. The molecule has 2 fully saturated rings. The second kappa shape index (κ2) is 6.71. The maximum absolute atomic E-state index is 2.62. The van der Waals surface area contributed by atoms with Crippen LogP contribution in [0.5, 0.6) is 0 Å². The highest BCUT2D eigenvalue weighted by atomic mass is 31.1. The van der Waals surface area contributed by atoms with Crippen LogP contribution in [-0.4, -0.2) is 11.3 Å². The van der Waals surface area contributed by atoms with Gasteiger partial charge in [-0.05, 0) is 42.6 Å². The lowest BCUT2D eigenvalue weighted by molar-refractivity contribution is 0.835. The van der Waals surface area contributed by atoms with Crippen molar-refractivity contribution in [3.05, 3.63) is 41.7 Å². The molecular weight excluding hydrogens is 247 g/mol. The topological polar surface area (TPSA) is 0 Å². The molecule has 0 aliphatic heterocycles. The normalized spacial score (nSPS) is 21.9. The molecule has 2 aliphatic carbocycles. The Bertz CT molecular complexity index is 381. The SMILES string of the molecule is C(=C\P(C1CCCC1)C1CCCC1)/c1ccccc1. The quantitative estimate of drug-likeness (QED) is 0.587. The molecule has 0 spiro atoms. The Morgan fingerprint density at radius 2 is 1.32 bits per heavy atom. The zero-order chi connectivity index (χ0) is 12.9. The van der Waals surface area contributed by atoms with E-state index < -0.39 is 0 Å². The van der Waals surface area contributed by atoms with Crippen LogP contribution in [0.15, 0.2) is 36.1 Å². The molecule has 0 N–H and O–H groups in total. The van der Waals surface area contributed by atoms with Crippen molar-refractivity contribution >= 4 is 14.0 Å². The average molecular weight is 272 g/mol.